The Morgan fingerprint density at radius 1 is 1.11 bits per heavy atom. The van der Waals surface area contributed by atoms with E-state index < -0.39 is 0 Å². The fraction of sp³-hybridized carbons (Fsp3) is 0.550. The van der Waals surface area contributed by atoms with E-state index in [4.69, 9.17) is 9.47 Å². The molecule has 0 aromatic heterocycles. The average molecular weight is 387 g/mol. The summed E-state index contributed by atoms with van der Waals surface area (Å²) < 4.78 is 10.7. The Morgan fingerprint density at radius 3 is 2.61 bits per heavy atom. The molecule has 2 fully saturated rings. The predicted octanol–water partition coefficient (Wildman–Crippen LogP) is 0.771. The van der Waals surface area contributed by atoms with Crippen molar-refractivity contribution in [1.29, 1.82) is 0 Å². The SMILES string of the molecule is O=C1COc2ccc(C(=O)C3CCN(C(=O)CN4CCOCC4)CC3)cc2N1. The van der Waals surface area contributed by atoms with Crippen molar-refractivity contribution in [3.05, 3.63) is 23.8 Å². The average Bonchev–Trinajstić information content (AvgIpc) is 2.73. The molecule has 1 aromatic rings. The molecule has 1 aromatic carbocycles. The summed E-state index contributed by atoms with van der Waals surface area (Å²) in [5, 5.41) is 2.74. The number of benzene rings is 1. The van der Waals surface area contributed by atoms with E-state index in [1.54, 1.807) is 18.2 Å². The van der Waals surface area contributed by atoms with Crippen LogP contribution in [-0.2, 0) is 14.3 Å². The zero-order valence-corrected chi connectivity index (χ0v) is 15.8. The molecule has 0 unspecified atom stereocenters. The zero-order valence-electron chi connectivity index (χ0n) is 15.8. The fourth-order valence-corrected chi connectivity index (χ4v) is 3.91. The van der Waals surface area contributed by atoms with Crippen LogP contribution in [-0.4, -0.2) is 79.9 Å². The first-order valence-electron chi connectivity index (χ1n) is 9.79. The van der Waals surface area contributed by atoms with Crippen LogP contribution < -0.4 is 10.1 Å². The van der Waals surface area contributed by atoms with Crippen LogP contribution >= 0.6 is 0 Å². The number of anilines is 1. The van der Waals surface area contributed by atoms with Crippen molar-refractivity contribution < 1.29 is 23.9 Å². The van der Waals surface area contributed by atoms with Crippen molar-refractivity contribution in [1.82, 2.24) is 9.80 Å². The predicted molar refractivity (Wildman–Crippen MR) is 101 cm³/mol. The van der Waals surface area contributed by atoms with Gasteiger partial charge in [-0.25, -0.2) is 0 Å². The smallest absolute Gasteiger partial charge is 0.262 e. The van der Waals surface area contributed by atoms with Gasteiger partial charge in [-0.1, -0.05) is 0 Å². The lowest BCUT2D eigenvalue weighted by molar-refractivity contribution is -0.134. The molecule has 28 heavy (non-hydrogen) atoms. The van der Waals surface area contributed by atoms with Gasteiger partial charge in [-0.2, -0.15) is 0 Å². The van der Waals surface area contributed by atoms with Crippen molar-refractivity contribution in [2.75, 3.05) is 57.9 Å². The Hall–Kier alpha value is -2.45. The number of nitrogens with one attached hydrogen (secondary N) is 1. The van der Waals surface area contributed by atoms with Crippen LogP contribution in [0.25, 0.3) is 0 Å². The number of nitrogens with zero attached hydrogens (tertiary/aromatic N) is 2. The second-order valence-electron chi connectivity index (χ2n) is 7.46. The van der Waals surface area contributed by atoms with E-state index in [0.29, 0.717) is 62.7 Å². The molecule has 1 N–H and O–H groups in total. The van der Waals surface area contributed by atoms with Gasteiger partial charge in [0.05, 0.1) is 25.4 Å². The van der Waals surface area contributed by atoms with Gasteiger partial charge in [-0.15, -0.1) is 0 Å². The van der Waals surface area contributed by atoms with Gasteiger partial charge in [0.15, 0.2) is 12.4 Å². The third kappa shape index (κ3) is 4.18. The third-order valence-electron chi connectivity index (χ3n) is 5.58. The first kappa shape index (κ1) is 18.9. The van der Waals surface area contributed by atoms with Gasteiger partial charge in [0.2, 0.25) is 5.91 Å². The topological polar surface area (TPSA) is 88.2 Å². The molecular formula is C20H25N3O5. The minimum atomic E-state index is -0.218. The minimum Gasteiger partial charge on any atom is -0.482 e. The number of amides is 2. The molecule has 2 saturated heterocycles. The highest BCUT2D eigenvalue weighted by molar-refractivity contribution is 6.01. The van der Waals surface area contributed by atoms with Crippen LogP contribution in [0.3, 0.4) is 0 Å². The largest absolute Gasteiger partial charge is 0.482 e. The molecule has 8 nitrogen and oxygen atoms in total. The second kappa shape index (κ2) is 8.28. The standard InChI is InChI=1S/C20H25N3O5/c24-18-13-28-17-2-1-15(11-16(17)21-18)20(26)14-3-5-23(6-4-14)19(25)12-22-7-9-27-10-8-22/h1-2,11,14H,3-10,12-13H2,(H,21,24). The Morgan fingerprint density at radius 2 is 1.86 bits per heavy atom. The van der Waals surface area contributed by atoms with Gasteiger partial charge in [-0.3, -0.25) is 19.3 Å². The summed E-state index contributed by atoms with van der Waals surface area (Å²) in [6, 6.07) is 5.16. The number of carbonyl (C=O) groups excluding carboxylic acids is 3. The summed E-state index contributed by atoms with van der Waals surface area (Å²) in [5.74, 6) is 0.443. The highest BCUT2D eigenvalue weighted by Crippen LogP contribution is 2.30. The van der Waals surface area contributed by atoms with E-state index in [2.05, 4.69) is 10.2 Å². The maximum atomic E-state index is 12.9. The molecule has 0 atom stereocenters. The fourth-order valence-electron chi connectivity index (χ4n) is 3.91. The number of carbonyl (C=O) groups is 3. The molecule has 0 radical (unpaired) electrons. The summed E-state index contributed by atoms with van der Waals surface area (Å²) in [5.41, 5.74) is 1.11. The summed E-state index contributed by atoms with van der Waals surface area (Å²) in [6.07, 6.45) is 1.32. The van der Waals surface area contributed by atoms with Crippen molar-refractivity contribution in [3.63, 3.8) is 0 Å². The number of rotatable bonds is 4. The first-order valence-corrected chi connectivity index (χ1v) is 9.79. The number of hydrogen-bond donors (Lipinski definition) is 1. The van der Waals surface area contributed by atoms with Crippen LogP contribution in [0.2, 0.25) is 0 Å². The number of Topliss-reactive ketones (excluding diaryl/α,β-unsaturated/α-hetero) is 1. The molecule has 3 heterocycles. The number of ether oxygens (including phenoxy) is 2. The van der Waals surface area contributed by atoms with Crippen molar-refractivity contribution in [3.8, 4) is 5.75 Å². The summed E-state index contributed by atoms with van der Waals surface area (Å²) in [6.45, 7) is 4.56. The van der Waals surface area contributed by atoms with Gasteiger partial charge >= 0.3 is 0 Å². The van der Waals surface area contributed by atoms with Crippen LogP contribution in [0.15, 0.2) is 18.2 Å². The van der Waals surface area contributed by atoms with Gasteiger partial charge in [0.1, 0.15) is 5.75 Å². The molecule has 150 valence electrons. The summed E-state index contributed by atoms with van der Waals surface area (Å²) in [7, 11) is 0. The van der Waals surface area contributed by atoms with Crippen molar-refractivity contribution >= 4 is 23.3 Å². The number of piperidine rings is 1. The van der Waals surface area contributed by atoms with E-state index in [1.165, 1.54) is 0 Å². The highest BCUT2D eigenvalue weighted by atomic mass is 16.5. The highest BCUT2D eigenvalue weighted by Gasteiger charge is 2.29. The second-order valence-corrected chi connectivity index (χ2v) is 7.46. The van der Waals surface area contributed by atoms with Gasteiger partial charge < -0.3 is 19.7 Å². The van der Waals surface area contributed by atoms with E-state index in [9.17, 15) is 14.4 Å². The first-order chi connectivity index (χ1) is 13.6. The molecule has 8 heteroatoms. The van der Waals surface area contributed by atoms with E-state index in [1.807, 2.05) is 4.90 Å². The number of hydrogen-bond acceptors (Lipinski definition) is 6. The Balaban J connectivity index is 1.32. The summed E-state index contributed by atoms with van der Waals surface area (Å²) >= 11 is 0. The van der Waals surface area contributed by atoms with Crippen LogP contribution in [0.1, 0.15) is 23.2 Å². The molecule has 0 bridgehead atoms. The van der Waals surface area contributed by atoms with Gasteiger partial charge in [0.25, 0.3) is 5.91 Å². The van der Waals surface area contributed by atoms with Crippen LogP contribution in [0, 0.1) is 5.92 Å². The number of fused-ring (bicyclic) bond motifs is 1. The van der Waals surface area contributed by atoms with Crippen molar-refractivity contribution in [2.45, 2.75) is 12.8 Å². The molecule has 0 spiro atoms. The van der Waals surface area contributed by atoms with Crippen LogP contribution in [0.4, 0.5) is 5.69 Å². The van der Waals surface area contributed by atoms with E-state index in [0.717, 1.165) is 13.1 Å². The maximum Gasteiger partial charge on any atom is 0.262 e. The normalized spacial score (nSPS) is 20.9. The zero-order chi connectivity index (χ0) is 19.5. The van der Waals surface area contributed by atoms with E-state index >= 15 is 0 Å². The lowest BCUT2D eigenvalue weighted by Crippen LogP contribution is -2.47. The number of morpholine rings is 1. The monoisotopic (exact) mass is 387 g/mol. The molecule has 3 aliphatic rings. The molecule has 4 rings (SSSR count). The maximum absolute atomic E-state index is 12.9. The molecule has 3 aliphatic heterocycles. The summed E-state index contributed by atoms with van der Waals surface area (Å²) in [4.78, 5) is 40.9. The molecule has 0 saturated carbocycles. The Labute approximate surface area is 163 Å². The Bertz CT molecular complexity index is 767. The van der Waals surface area contributed by atoms with Crippen LogP contribution in [0.5, 0.6) is 5.75 Å². The lowest BCUT2D eigenvalue weighted by atomic mass is 9.88. The van der Waals surface area contributed by atoms with Crippen molar-refractivity contribution in [2.24, 2.45) is 5.92 Å². The van der Waals surface area contributed by atoms with E-state index in [-0.39, 0.29) is 30.1 Å². The molecule has 2 amide bonds. The minimum absolute atomic E-state index is 0.00274. The Kier molecular flexibility index (Phi) is 5.59. The molecular weight excluding hydrogens is 362 g/mol. The third-order valence-corrected chi connectivity index (χ3v) is 5.58. The lowest BCUT2D eigenvalue weighted by Gasteiger charge is -2.34. The van der Waals surface area contributed by atoms with Gasteiger partial charge in [-0.05, 0) is 31.0 Å². The van der Waals surface area contributed by atoms with Gasteiger partial charge in [0, 0.05) is 37.7 Å². The number of likely N-dealkylation sites (tertiary alicyclic amines) is 1. The quantitative estimate of drug-likeness (QED) is 0.768. The molecule has 0 aliphatic carbocycles. The number of ketones is 1.